The molecule has 1 fully saturated rings. The van der Waals surface area contributed by atoms with E-state index in [9.17, 15) is 4.79 Å². The van der Waals surface area contributed by atoms with Crippen LogP contribution in [0.25, 0.3) is 0 Å². The van der Waals surface area contributed by atoms with Gasteiger partial charge in [-0.1, -0.05) is 0 Å². The summed E-state index contributed by atoms with van der Waals surface area (Å²) in [5, 5.41) is 0. The van der Waals surface area contributed by atoms with Crippen molar-refractivity contribution < 1.29 is 9.53 Å². The molecule has 2 N–H and O–H groups in total. The van der Waals surface area contributed by atoms with Crippen LogP contribution in [0.2, 0.25) is 0 Å². The number of hydrogen-bond acceptors (Lipinski definition) is 3. The molecule has 0 spiro atoms. The van der Waals surface area contributed by atoms with Crippen molar-refractivity contribution in [2.45, 2.75) is 44.8 Å². The van der Waals surface area contributed by atoms with E-state index in [1.165, 1.54) is 0 Å². The second-order valence-corrected chi connectivity index (χ2v) is 4.53. The van der Waals surface area contributed by atoms with Crippen molar-refractivity contribution >= 4 is 5.91 Å². The van der Waals surface area contributed by atoms with E-state index >= 15 is 0 Å². The van der Waals surface area contributed by atoms with Crippen molar-refractivity contribution in [1.29, 1.82) is 0 Å². The first-order valence-corrected chi connectivity index (χ1v) is 5.62. The van der Waals surface area contributed by atoms with Crippen LogP contribution in [0.15, 0.2) is 0 Å². The number of nitrogens with zero attached hydrogens (tertiary/aromatic N) is 1. The predicted molar refractivity (Wildman–Crippen MR) is 59.5 cm³/mol. The number of ether oxygens (including phenoxy) is 1. The SMILES string of the molecule is CC(CCN)N(C)C(=O)C1(C)CCCO1. The molecule has 1 saturated heterocycles. The van der Waals surface area contributed by atoms with Gasteiger partial charge < -0.3 is 15.4 Å². The first-order chi connectivity index (χ1) is 7.01. The molecule has 2 atom stereocenters. The fourth-order valence-corrected chi connectivity index (χ4v) is 1.96. The maximum absolute atomic E-state index is 12.1. The Morgan fingerprint density at radius 1 is 1.67 bits per heavy atom. The van der Waals surface area contributed by atoms with Gasteiger partial charge in [0.15, 0.2) is 0 Å². The Kier molecular flexibility index (Phi) is 4.11. The Bertz CT molecular complexity index is 225. The highest BCUT2D eigenvalue weighted by Gasteiger charge is 2.40. The van der Waals surface area contributed by atoms with Crippen molar-refractivity contribution in [2.75, 3.05) is 20.2 Å². The van der Waals surface area contributed by atoms with Gasteiger partial charge in [0.2, 0.25) is 0 Å². The van der Waals surface area contributed by atoms with Gasteiger partial charge in [-0.15, -0.1) is 0 Å². The average molecular weight is 214 g/mol. The molecule has 88 valence electrons. The quantitative estimate of drug-likeness (QED) is 0.751. The zero-order valence-corrected chi connectivity index (χ0v) is 9.95. The largest absolute Gasteiger partial charge is 0.365 e. The molecule has 0 aliphatic carbocycles. The number of carbonyl (C=O) groups is 1. The molecule has 1 amide bonds. The number of amides is 1. The highest BCUT2D eigenvalue weighted by molar-refractivity contribution is 5.85. The van der Waals surface area contributed by atoms with Gasteiger partial charge in [0.1, 0.15) is 5.60 Å². The molecule has 2 unspecified atom stereocenters. The topological polar surface area (TPSA) is 55.6 Å². The second-order valence-electron chi connectivity index (χ2n) is 4.53. The summed E-state index contributed by atoms with van der Waals surface area (Å²) in [5.41, 5.74) is 4.88. The molecule has 1 heterocycles. The lowest BCUT2D eigenvalue weighted by atomic mass is 10.00. The molecule has 1 rings (SSSR count). The Labute approximate surface area is 91.8 Å². The standard InChI is InChI=1S/C11H22N2O2/c1-9(5-7-12)13(3)10(14)11(2)6-4-8-15-11/h9H,4-8,12H2,1-3H3. The summed E-state index contributed by atoms with van der Waals surface area (Å²) in [5.74, 6) is 0.0842. The average Bonchev–Trinajstić information content (AvgIpc) is 2.64. The molecule has 1 aliphatic heterocycles. The van der Waals surface area contributed by atoms with E-state index in [1.54, 1.807) is 4.90 Å². The lowest BCUT2D eigenvalue weighted by Gasteiger charge is -2.32. The summed E-state index contributed by atoms with van der Waals surface area (Å²) in [4.78, 5) is 13.9. The van der Waals surface area contributed by atoms with Gasteiger partial charge in [0.25, 0.3) is 5.91 Å². The van der Waals surface area contributed by atoms with Gasteiger partial charge in [-0.25, -0.2) is 0 Å². The smallest absolute Gasteiger partial charge is 0.254 e. The molecule has 0 bridgehead atoms. The molecule has 0 aromatic rings. The molecular formula is C11H22N2O2. The fraction of sp³-hybridized carbons (Fsp3) is 0.909. The summed E-state index contributed by atoms with van der Waals surface area (Å²) in [6.07, 6.45) is 2.63. The third kappa shape index (κ3) is 2.69. The van der Waals surface area contributed by atoms with Crippen LogP contribution < -0.4 is 5.73 Å². The van der Waals surface area contributed by atoms with Crippen LogP contribution >= 0.6 is 0 Å². The van der Waals surface area contributed by atoms with E-state index < -0.39 is 5.60 Å². The molecule has 4 heteroatoms. The number of rotatable bonds is 4. The van der Waals surface area contributed by atoms with Gasteiger partial charge in [-0.05, 0) is 39.7 Å². The Hall–Kier alpha value is -0.610. The summed E-state index contributed by atoms with van der Waals surface area (Å²) in [6.45, 7) is 5.20. The van der Waals surface area contributed by atoms with E-state index in [1.807, 2.05) is 20.9 Å². The molecule has 15 heavy (non-hydrogen) atoms. The minimum absolute atomic E-state index is 0.0842. The third-order valence-electron chi connectivity index (χ3n) is 3.24. The van der Waals surface area contributed by atoms with Gasteiger partial charge in [-0.2, -0.15) is 0 Å². The summed E-state index contributed by atoms with van der Waals surface area (Å²) < 4.78 is 5.53. The Morgan fingerprint density at radius 3 is 2.80 bits per heavy atom. The maximum atomic E-state index is 12.1. The lowest BCUT2D eigenvalue weighted by molar-refractivity contribution is -0.151. The normalized spacial score (nSPS) is 27.7. The summed E-state index contributed by atoms with van der Waals surface area (Å²) >= 11 is 0. The van der Waals surface area contributed by atoms with Gasteiger partial charge in [0, 0.05) is 19.7 Å². The van der Waals surface area contributed by atoms with Crippen LogP contribution in [-0.2, 0) is 9.53 Å². The van der Waals surface area contributed by atoms with Crippen LogP contribution in [0.4, 0.5) is 0 Å². The van der Waals surface area contributed by atoms with Crippen LogP contribution in [-0.4, -0.2) is 42.6 Å². The molecule has 0 saturated carbocycles. The molecular weight excluding hydrogens is 192 g/mol. The Balaban J connectivity index is 2.58. The van der Waals surface area contributed by atoms with Crippen LogP contribution in [0, 0.1) is 0 Å². The molecule has 0 radical (unpaired) electrons. The van der Waals surface area contributed by atoms with Crippen LogP contribution in [0.5, 0.6) is 0 Å². The van der Waals surface area contributed by atoms with E-state index in [0.717, 1.165) is 19.3 Å². The number of likely N-dealkylation sites (N-methyl/N-ethyl adjacent to an activating group) is 1. The third-order valence-corrected chi connectivity index (χ3v) is 3.24. The first-order valence-electron chi connectivity index (χ1n) is 5.62. The minimum Gasteiger partial charge on any atom is -0.365 e. The van der Waals surface area contributed by atoms with Gasteiger partial charge in [0.05, 0.1) is 0 Å². The van der Waals surface area contributed by atoms with Crippen molar-refractivity contribution in [3.8, 4) is 0 Å². The van der Waals surface area contributed by atoms with Crippen molar-refractivity contribution in [2.24, 2.45) is 5.73 Å². The van der Waals surface area contributed by atoms with Crippen molar-refractivity contribution in [1.82, 2.24) is 4.90 Å². The van der Waals surface area contributed by atoms with Gasteiger partial charge >= 0.3 is 0 Å². The minimum atomic E-state index is -0.600. The Morgan fingerprint density at radius 2 is 2.33 bits per heavy atom. The zero-order valence-electron chi connectivity index (χ0n) is 9.95. The van der Waals surface area contributed by atoms with E-state index in [2.05, 4.69) is 0 Å². The van der Waals surface area contributed by atoms with Crippen LogP contribution in [0.3, 0.4) is 0 Å². The van der Waals surface area contributed by atoms with E-state index in [4.69, 9.17) is 10.5 Å². The highest BCUT2D eigenvalue weighted by atomic mass is 16.5. The van der Waals surface area contributed by atoms with E-state index in [-0.39, 0.29) is 11.9 Å². The number of hydrogen-bond donors (Lipinski definition) is 1. The van der Waals surface area contributed by atoms with Crippen LogP contribution in [0.1, 0.15) is 33.1 Å². The highest BCUT2D eigenvalue weighted by Crippen LogP contribution is 2.27. The van der Waals surface area contributed by atoms with E-state index in [0.29, 0.717) is 13.2 Å². The molecule has 0 aromatic carbocycles. The summed E-state index contributed by atoms with van der Waals surface area (Å²) in [6, 6.07) is 0.184. The van der Waals surface area contributed by atoms with Crippen molar-refractivity contribution in [3.05, 3.63) is 0 Å². The monoisotopic (exact) mass is 214 g/mol. The van der Waals surface area contributed by atoms with Crippen molar-refractivity contribution in [3.63, 3.8) is 0 Å². The number of nitrogens with two attached hydrogens (primary N) is 1. The first kappa shape index (κ1) is 12.5. The zero-order chi connectivity index (χ0) is 11.5. The van der Waals surface area contributed by atoms with Gasteiger partial charge in [-0.3, -0.25) is 4.79 Å². The lowest BCUT2D eigenvalue weighted by Crippen LogP contribution is -2.48. The predicted octanol–water partition coefficient (Wildman–Crippen LogP) is 0.751. The second kappa shape index (κ2) is 4.94. The molecule has 1 aliphatic rings. The molecule has 0 aromatic heterocycles. The number of carbonyl (C=O) groups excluding carboxylic acids is 1. The maximum Gasteiger partial charge on any atom is 0.254 e. The molecule has 4 nitrogen and oxygen atoms in total. The summed E-state index contributed by atoms with van der Waals surface area (Å²) in [7, 11) is 1.83. The fourth-order valence-electron chi connectivity index (χ4n) is 1.96.